The summed E-state index contributed by atoms with van der Waals surface area (Å²) in [4.78, 5) is 14.4. The molecule has 0 unspecified atom stereocenters. The van der Waals surface area contributed by atoms with Crippen molar-refractivity contribution >= 4 is 17.5 Å². The second-order valence-corrected chi connectivity index (χ2v) is 8.95. The van der Waals surface area contributed by atoms with Crippen LogP contribution in [0.4, 0.5) is 0 Å². The van der Waals surface area contributed by atoms with Crippen LogP contribution in [0.3, 0.4) is 0 Å². The fourth-order valence-electron chi connectivity index (χ4n) is 4.56. The van der Waals surface area contributed by atoms with E-state index in [2.05, 4.69) is 10.0 Å². The molecule has 1 aliphatic carbocycles. The largest absolute Gasteiger partial charge is 0.383 e. The summed E-state index contributed by atoms with van der Waals surface area (Å²) in [5, 5.41) is 20.1. The number of azide groups is 1. The zero-order chi connectivity index (χ0) is 23.8. The minimum absolute atomic E-state index is 0.284. The highest BCUT2D eigenvalue weighted by Crippen LogP contribution is 2.45. The lowest BCUT2D eigenvalue weighted by molar-refractivity contribution is -0.204. The molecule has 2 aliphatic rings. The lowest BCUT2D eigenvalue weighted by Gasteiger charge is -2.39. The number of benzene rings is 2. The standard InChI is InChI=1S/C24H22ClN5O4/c25-18-5-7-19(8-6-18)30-20(16-1-3-17(4-2-16)22(31)27-29-26)15-21(28-30)23(32)9-11-24(12-10-23)33-13-14-34-24/h1-8,15,32H,9-14H2. The number of halogens is 1. The molecule has 9 nitrogen and oxygen atoms in total. The molecule has 0 radical (unpaired) electrons. The van der Waals surface area contributed by atoms with Gasteiger partial charge >= 0.3 is 0 Å². The van der Waals surface area contributed by atoms with E-state index in [1.165, 1.54) is 0 Å². The maximum atomic E-state index is 11.9. The second kappa shape index (κ2) is 8.87. The van der Waals surface area contributed by atoms with Crippen molar-refractivity contribution in [3.8, 4) is 16.9 Å². The smallest absolute Gasteiger partial charge is 0.249 e. The van der Waals surface area contributed by atoms with Gasteiger partial charge in [0.25, 0.3) is 0 Å². The monoisotopic (exact) mass is 479 g/mol. The van der Waals surface area contributed by atoms with E-state index in [9.17, 15) is 9.90 Å². The van der Waals surface area contributed by atoms with Crippen LogP contribution in [0.2, 0.25) is 5.02 Å². The summed E-state index contributed by atoms with van der Waals surface area (Å²) in [7, 11) is 0. The molecule has 1 saturated heterocycles. The van der Waals surface area contributed by atoms with Crippen LogP contribution < -0.4 is 0 Å². The Hall–Kier alpha value is -3.20. The Morgan fingerprint density at radius 2 is 1.71 bits per heavy atom. The number of amides is 1. The van der Waals surface area contributed by atoms with Gasteiger partial charge in [-0.15, -0.1) is 0 Å². The van der Waals surface area contributed by atoms with Gasteiger partial charge in [0.1, 0.15) is 5.60 Å². The first kappa shape index (κ1) is 22.6. The lowest BCUT2D eigenvalue weighted by Crippen LogP contribution is -2.42. The summed E-state index contributed by atoms with van der Waals surface area (Å²) in [6, 6.07) is 15.8. The van der Waals surface area contributed by atoms with Crippen LogP contribution in [0.15, 0.2) is 59.7 Å². The van der Waals surface area contributed by atoms with Gasteiger partial charge in [0.15, 0.2) is 5.79 Å². The summed E-state index contributed by atoms with van der Waals surface area (Å²) >= 11 is 6.08. The van der Waals surface area contributed by atoms with Crippen molar-refractivity contribution in [2.45, 2.75) is 37.1 Å². The fraction of sp³-hybridized carbons (Fsp3) is 0.333. The Balaban J connectivity index is 1.52. The van der Waals surface area contributed by atoms with Crippen molar-refractivity contribution in [3.05, 3.63) is 81.3 Å². The van der Waals surface area contributed by atoms with Crippen LogP contribution in [-0.2, 0) is 15.1 Å². The van der Waals surface area contributed by atoms with Crippen molar-refractivity contribution < 1.29 is 19.4 Å². The molecule has 10 heteroatoms. The van der Waals surface area contributed by atoms with Gasteiger partial charge in [0, 0.05) is 33.9 Å². The average Bonchev–Trinajstić information content (AvgIpc) is 3.51. The molecule has 2 heterocycles. The van der Waals surface area contributed by atoms with E-state index in [0.29, 0.717) is 49.6 Å². The van der Waals surface area contributed by atoms with Gasteiger partial charge in [0.05, 0.1) is 30.3 Å². The molecule has 0 atom stereocenters. The second-order valence-electron chi connectivity index (χ2n) is 8.51. The Labute approximate surface area is 200 Å². The molecule has 1 amide bonds. The van der Waals surface area contributed by atoms with Gasteiger partial charge < -0.3 is 14.6 Å². The Kier molecular flexibility index (Phi) is 5.89. The highest BCUT2D eigenvalue weighted by atomic mass is 35.5. The highest BCUT2D eigenvalue weighted by Gasteiger charge is 2.47. The van der Waals surface area contributed by atoms with Crippen LogP contribution >= 0.6 is 11.6 Å². The first-order valence-electron chi connectivity index (χ1n) is 11.0. The zero-order valence-electron chi connectivity index (χ0n) is 18.2. The minimum atomic E-state index is -1.12. The lowest BCUT2D eigenvalue weighted by atomic mass is 9.79. The third-order valence-corrected chi connectivity index (χ3v) is 6.73. The van der Waals surface area contributed by atoms with Crippen molar-refractivity contribution in [2.24, 2.45) is 5.11 Å². The molecule has 174 valence electrons. The van der Waals surface area contributed by atoms with E-state index in [1.807, 2.05) is 18.2 Å². The van der Waals surface area contributed by atoms with E-state index < -0.39 is 17.3 Å². The summed E-state index contributed by atoms with van der Waals surface area (Å²) in [5.41, 5.74) is 10.5. The van der Waals surface area contributed by atoms with Crippen molar-refractivity contribution in [1.82, 2.24) is 9.78 Å². The molecule has 5 rings (SSSR count). The summed E-state index contributed by atoms with van der Waals surface area (Å²) < 4.78 is 13.4. The molecule has 1 saturated carbocycles. The maximum absolute atomic E-state index is 11.9. The van der Waals surface area contributed by atoms with Gasteiger partial charge in [-0.05, 0) is 53.8 Å². The van der Waals surface area contributed by atoms with Crippen LogP contribution in [0, 0.1) is 0 Å². The summed E-state index contributed by atoms with van der Waals surface area (Å²) in [6.45, 7) is 1.15. The van der Waals surface area contributed by atoms with Gasteiger partial charge in [-0.2, -0.15) is 5.10 Å². The fourth-order valence-corrected chi connectivity index (χ4v) is 4.69. The molecule has 3 aromatic rings. The topological polar surface area (TPSA) is 122 Å². The molecule has 2 fully saturated rings. The molecular weight excluding hydrogens is 458 g/mol. The molecular formula is C24H22ClN5O4. The molecule has 1 spiro atoms. The Bertz CT molecular complexity index is 1250. The number of aromatic nitrogens is 2. The number of hydrogen-bond donors (Lipinski definition) is 1. The summed E-state index contributed by atoms with van der Waals surface area (Å²) in [5.74, 6) is -1.25. The number of carbonyl (C=O) groups is 1. The normalized spacial score (nSPS) is 18.5. The predicted octanol–water partition coefficient (Wildman–Crippen LogP) is 5.15. The number of hydrogen-bond acceptors (Lipinski definition) is 5. The maximum Gasteiger partial charge on any atom is 0.249 e. The van der Waals surface area contributed by atoms with E-state index in [4.69, 9.17) is 31.7 Å². The number of rotatable bonds is 4. The van der Waals surface area contributed by atoms with Crippen molar-refractivity contribution in [2.75, 3.05) is 13.2 Å². The van der Waals surface area contributed by atoms with Crippen LogP contribution in [0.5, 0.6) is 0 Å². The zero-order valence-corrected chi connectivity index (χ0v) is 19.0. The molecule has 2 aromatic carbocycles. The average molecular weight is 480 g/mol. The molecule has 1 aliphatic heterocycles. The van der Waals surface area contributed by atoms with Gasteiger partial charge in [-0.1, -0.05) is 35.9 Å². The Morgan fingerprint density at radius 3 is 2.32 bits per heavy atom. The van der Waals surface area contributed by atoms with Crippen molar-refractivity contribution in [3.63, 3.8) is 0 Å². The third-order valence-electron chi connectivity index (χ3n) is 6.47. The van der Waals surface area contributed by atoms with E-state index in [1.54, 1.807) is 41.1 Å². The Morgan fingerprint density at radius 1 is 1.06 bits per heavy atom. The van der Waals surface area contributed by atoms with Gasteiger partial charge in [-0.25, -0.2) is 4.68 Å². The van der Waals surface area contributed by atoms with Crippen LogP contribution in [-0.4, -0.2) is 39.8 Å². The number of carbonyl (C=O) groups excluding carboxylic acids is 1. The minimum Gasteiger partial charge on any atom is -0.383 e. The number of nitrogens with zero attached hydrogens (tertiary/aromatic N) is 5. The quantitative estimate of drug-likeness (QED) is 0.315. The van der Waals surface area contributed by atoms with Gasteiger partial charge in [-0.3, -0.25) is 4.79 Å². The SMILES string of the molecule is [N-]=[N+]=NC(=O)c1ccc(-c2cc(C3(O)CCC4(CC3)OCCO4)nn2-c2ccc(Cl)cc2)cc1. The predicted molar refractivity (Wildman–Crippen MR) is 124 cm³/mol. The van der Waals surface area contributed by atoms with Crippen LogP contribution in [0.1, 0.15) is 41.7 Å². The van der Waals surface area contributed by atoms with E-state index in [-0.39, 0.29) is 5.56 Å². The highest BCUT2D eigenvalue weighted by molar-refractivity contribution is 6.30. The first-order valence-corrected chi connectivity index (χ1v) is 11.4. The summed E-state index contributed by atoms with van der Waals surface area (Å²) in [6.07, 6.45) is 2.10. The molecule has 1 aromatic heterocycles. The number of ether oxygens (including phenoxy) is 2. The molecule has 34 heavy (non-hydrogen) atoms. The van der Waals surface area contributed by atoms with E-state index >= 15 is 0 Å². The van der Waals surface area contributed by atoms with Gasteiger partial charge in [0.2, 0.25) is 5.91 Å². The molecule has 1 N–H and O–H groups in total. The molecule has 0 bridgehead atoms. The number of aliphatic hydroxyl groups is 1. The van der Waals surface area contributed by atoms with Crippen LogP contribution in [0.25, 0.3) is 27.4 Å². The van der Waals surface area contributed by atoms with Crippen molar-refractivity contribution in [1.29, 1.82) is 0 Å². The van der Waals surface area contributed by atoms with E-state index in [0.717, 1.165) is 16.9 Å². The third kappa shape index (κ3) is 4.20. The first-order chi connectivity index (χ1) is 16.4.